The van der Waals surface area contributed by atoms with Crippen molar-refractivity contribution in [1.82, 2.24) is 9.97 Å². The number of nitrogens with one attached hydrogen (secondary N) is 2. The summed E-state index contributed by atoms with van der Waals surface area (Å²) in [7, 11) is 0. The number of aromatic nitrogens is 2. The Morgan fingerprint density at radius 2 is 1.81 bits per heavy atom. The van der Waals surface area contributed by atoms with Gasteiger partial charge in [-0.25, -0.2) is 9.97 Å². The fourth-order valence-corrected chi connectivity index (χ4v) is 3.13. The van der Waals surface area contributed by atoms with Crippen LogP contribution < -0.4 is 15.5 Å². The molecular weight excluding hydrogens is 338 g/mol. The summed E-state index contributed by atoms with van der Waals surface area (Å²) in [6, 6.07) is 8.01. The predicted octanol–water partition coefficient (Wildman–Crippen LogP) is 4.18. The van der Waals surface area contributed by atoms with E-state index >= 15 is 0 Å². The third-order valence-corrected chi connectivity index (χ3v) is 4.76. The summed E-state index contributed by atoms with van der Waals surface area (Å²) in [5.41, 5.74) is 2.29. The zero-order chi connectivity index (χ0) is 19.1. The number of carbonyl (C=O) groups excluding carboxylic acids is 1. The molecule has 1 saturated heterocycles. The van der Waals surface area contributed by atoms with Crippen molar-refractivity contribution < 1.29 is 4.79 Å². The van der Waals surface area contributed by atoms with Crippen LogP contribution in [0.25, 0.3) is 0 Å². The fraction of sp³-hybridized carbons (Fsp3) is 0.476. The van der Waals surface area contributed by atoms with Crippen LogP contribution in [0.15, 0.2) is 36.7 Å². The van der Waals surface area contributed by atoms with Crippen LogP contribution in [0, 0.1) is 5.92 Å². The van der Waals surface area contributed by atoms with Crippen molar-refractivity contribution in [1.29, 1.82) is 0 Å². The topological polar surface area (TPSA) is 70.2 Å². The Labute approximate surface area is 161 Å². The van der Waals surface area contributed by atoms with Gasteiger partial charge in [-0.05, 0) is 55.9 Å². The van der Waals surface area contributed by atoms with E-state index in [1.807, 2.05) is 12.1 Å². The lowest BCUT2D eigenvalue weighted by Gasteiger charge is -2.28. The van der Waals surface area contributed by atoms with Gasteiger partial charge in [0.1, 0.15) is 11.5 Å². The Morgan fingerprint density at radius 1 is 1.07 bits per heavy atom. The van der Waals surface area contributed by atoms with Crippen molar-refractivity contribution in [3.8, 4) is 0 Å². The van der Waals surface area contributed by atoms with E-state index in [1.165, 1.54) is 31.1 Å². The normalized spacial score (nSPS) is 14.3. The lowest BCUT2D eigenvalue weighted by atomic mass is 10.1. The van der Waals surface area contributed by atoms with Crippen LogP contribution in [0.2, 0.25) is 0 Å². The molecule has 2 N–H and O–H groups in total. The Kier molecular flexibility index (Phi) is 6.63. The summed E-state index contributed by atoms with van der Waals surface area (Å²) in [6.45, 7) is 7.43. The molecule has 0 radical (unpaired) electrons. The molecule has 0 spiro atoms. The third-order valence-electron chi connectivity index (χ3n) is 4.76. The molecule has 2 aromatic rings. The molecule has 0 atom stereocenters. The molecular formula is C21H29N5O. The second kappa shape index (κ2) is 9.35. The van der Waals surface area contributed by atoms with Gasteiger partial charge in [0.25, 0.3) is 5.91 Å². The zero-order valence-electron chi connectivity index (χ0n) is 16.2. The van der Waals surface area contributed by atoms with Crippen LogP contribution in [0.3, 0.4) is 0 Å². The van der Waals surface area contributed by atoms with Gasteiger partial charge in [0.05, 0.1) is 12.4 Å². The third kappa shape index (κ3) is 5.67. The molecule has 0 unspecified atom stereocenters. The Bertz CT molecular complexity index is 721. The van der Waals surface area contributed by atoms with Crippen molar-refractivity contribution in [2.75, 3.05) is 35.2 Å². The summed E-state index contributed by atoms with van der Waals surface area (Å²) in [5.74, 6) is 1.08. The highest BCUT2D eigenvalue weighted by Gasteiger charge is 2.12. The van der Waals surface area contributed by atoms with E-state index in [1.54, 1.807) is 6.20 Å². The lowest BCUT2D eigenvalue weighted by Crippen LogP contribution is -2.29. The van der Waals surface area contributed by atoms with E-state index in [2.05, 4.69) is 51.5 Å². The van der Waals surface area contributed by atoms with Gasteiger partial charge >= 0.3 is 0 Å². The van der Waals surface area contributed by atoms with Crippen LogP contribution >= 0.6 is 0 Å². The van der Waals surface area contributed by atoms with E-state index in [9.17, 15) is 4.79 Å². The van der Waals surface area contributed by atoms with E-state index in [-0.39, 0.29) is 5.91 Å². The fourth-order valence-electron chi connectivity index (χ4n) is 3.13. The second-order valence-corrected chi connectivity index (χ2v) is 7.44. The molecule has 2 heterocycles. The monoisotopic (exact) mass is 367 g/mol. The first-order valence-electron chi connectivity index (χ1n) is 9.84. The molecule has 6 nitrogen and oxygen atoms in total. The summed E-state index contributed by atoms with van der Waals surface area (Å²) >= 11 is 0. The first kappa shape index (κ1) is 19.1. The molecule has 3 rings (SSSR count). The van der Waals surface area contributed by atoms with Gasteiger partial charge in [-0.15, -0.1) is 0 Å². The molecule has 144 valence electrons. The zero-order valence-corrected chi connectivity index (χ0v) is 16.2. The first-order chi connectivity index (χ1) is 13.1. The Balaban J connectivity index is 1.53. The minimum absolute atomic E-state index is 0.248. The highest BCUT2D eigenvalue weighted by Crippen LogP contribution is 2.22. The molecule has 6 heteroatoms. The molecule has 0 aliphatic carbocycles. The minimum Gasteiger partial charge on any atom is -0.372 e. The van der Waals surface area contributed by atoms with Crippen molar-refractivity contribution in [2.45, 2.75) is 39.5 Å². The second-order valence-electron chi connectivity index (χ2n) is 7.44. The van der Waals surface area contributed by atoms with Crippen LogP contribution in [0.1, 0.15) is 50.0 Å². The minimum atomic E-state index is -0.248. The van der Waals surface area contributed by atoms with Crippen molar-refractivity contribution in [3.05, 3.63) is 42.4 Å². The van der Waals surface area contributed by atoms with Crippen molar-refractivity contribution in [2.24, 2.45) is 5.92 Å². The summed E-state index contributed by atoms with van der Waals surface area (Å²) in [5, 5.41) is 6.10. The van der Waals surface area contributed by atoms with E-state index in [0.29, 0.717) is 17.4 Å². The number of anilines is 3. The maximum Gasteiger partial charge on any atom is 0.275 e. The van der Waals surface area contributed by atoms with Crippen LogP contribution in [0.4, 0.5) is 17.2 Å². The summed E-state index contributed by atoms with van der Waals surface area (Å²) < 4.78 is 0. The van der Waals surface area contributed by atoms with Gasteiger partial charge in [-0.2, -0.15) is 0 Å². The maximum absolute atomic E-state index is 12.4. The Hall–Kier alpha value is -2.63. The number of rotatable bonds is 7. The SMILES string of the molecule is CC(C)CCNc1cnc(C(=O)Nc2ccc(N3CCCCC3)cc2)cn1. The van der Waals surface area contributed by atoms with Crippen molar-refractivity contribution in [3.63, 3.8) is 0 Å². The molecule has 1 amide bonds. The van der Waals surface area contributed by atoms with Gasteiger partial charge < -0.3 is 15.5 Å². The van der Waals surface area contributed by atoms with Gasteiger partial charge in [0.2, 0.25) is 0 Å². The molecule has 1 aromatic heterocycles. The molecule has 0 saturated carbocycles. The first-order valence-corrected chi connectivity index (χ1v) is 9.84. The number of benzene rings is 1. The van der Waals surface area contributed by atoms with E-state index < -0.39 is 0 Å². The van der Waals surface area contributed by atoms with E-state index in [4.69, 9.17) is 0 Å². The largest absolute Gasteiger partial charge is 0.372 e. The predicted molar refractivity (Wildman–Crippen MR) is 110 cm³/mol. The summed E-state index contributed by atoms with van der Waals surface area (Å²) in [4.78, 5) is 23.3. The molecule has 1 aliphatic rings. The number of amides is 1. The van der Waals surface area contributed by atoms with Crippen LogP contribution in [-0.2, 0) is 0 Å². The summed E-state index contributed by atoms with van der Waals surface area (Å²) in [6.07, 6.45) is 8.00. The number of hydrogen-bond donors (Lipinski definition) is 2. The molecule has 27 heavy (non-hydrogen) atoms. The Morgan fingerprint density at radius 3 is 2.44 bits per heavy atom. The molecule has 1 fully saturated rings. The average molecular weight is 367 g/mol. The quantitative estimate of drug-likeness (QED) is 0.768. The average Bonchev–Trinajstić information content (AvgIpc) is 2.69. The lowest BCUT2D eigenvalue weighted by molar-refractivity contribution is 0.102. The van der Waals surface area contributed by atoms with Crippen LogP contribution in [-0.4, -0.2) is 35.5 Å². The van der Waals surface area contributed by atoms with Gasteiger partial charge in [0, 0.05) is 31.0 Å². The van der Waals surface area contributed by atoms with Gasteiger partial charge in [-0.3, -0.25) is 4.79 Å². The number of piperidine rings is 1. The number of nitrogens with zero attached hydrogens (tertiary/aromatic N) is 3. The molecule has 0 bridgehead atoms. The van der Waals surface area contributed by atoms with Gasteiger partial charge in [-0.1, -0.05) is 13.8 Å². The molecule has 1 aliphatic heterocycles. The number of hydrogen-bond acceptors (Lipinski definition) is 5. The smallest absolute Gasteiger partial charge is 0.275 e. The van der Waals surface area contributed by atoms with E-state index in [0.717, 1.165) is 31.7 Å². The number of carbonyl (C=O) groups is 1. The molecule has 1 aromatic carbocycles. The highest BCUT2D eigenvalue weighted by atomic mass is 16.1. The van der Waals surface area contributed by atoms with Gasteiger partial charge in [0.15, 0.2) is 0 Å². The van der Waals surface area contributed by atoms with Crippen molar-refractivity contribution >= 4 is 23.1 Å². The standard InChI is InChI=1S/C21H29N5O/c1-16(2)10-11-22-20-15-23-19(14-24-20)21(27)25-17-6-8-18(9-7-17)26-12-4-3-5-13-26/h6-9,14-16H,3-5,10-13H2,1-2H3,(H,22,24)(H,25,27). The van der Waals surface area contributed by atoms with Crippen LogP contribution in [0.5, 0.6) is 0 Å². The maximum atomic E-state index is 12.4. The highest BCUT2D eigenvalue weighted by molar-refractivity contribution is 6.02.